The molecule has 0 saturated carbocycles. The first kappa shape index (κ1) is 17.4. The van der Waals surface area contributed by atoms with Gasteiger partial charge in [0.2, 0.25) is 0 Å². The Morgan fingerprint density at radius 3 is 2.20 bits per heavy atom. The van der Waals surface area contributed by atoms with Crippen LogP contribution in [0.2, 0.25) is 18.1 Å². The van der Waals surface area contributed by atoms with Crippen LogP contribution in [0.25, 0.3) is 0 Å². The topological polar surface area (TPSA) is 9.23 Å². The van der Waals surface area contributed by atoms with Crippen LogP contribution in [0.4, 0.5) is 0 Å². The monoisotopic (exact) mass is 292 g/mol. The minimum Gasteiger partial charge on any atom is -0.417 e. The molecule has 1 nitrogen and oxygen atoms in total. The van der Waals surface area contributed by atoms with Crippen molar-refractivity contribution < 1.29 is 4.43 Å². The SMILES string of the molecule is CC(CCO[Si](C)(C)C(C)(C)C)CCc1ccccc1. The molecule has 0 radical (unpaired) electrons. The first-order valence-corrected chi connectivity index (χ1v) is 10.8. The fraction of sp³-hybridized carbons (Fsp3) is 0.667. The number of hydrogen-bond acceptors (Lipinski definition) is 1. The Bertz CT molecular complexity index is 378. The van der Waals surface area contributed by atoms with Crippen LogP contribution >= 0.6 is 0 Å². The molecule has 1 atom stereocenters. The quantitative estimate of drug-likeness (QED) is 0.589. The fourth-order valence-electron chi connectivity index (χ4n) is 1.93. The van der Waals surface area contributed by atoms with Gasteiger partial charge in [0.25, 0.3) is 0 Å². The standard InChI is InChI=1S/C18H32OSi/c1-16(12-13-17-10-8-7-9-11-17)14-15-19-20(5,6)18(2,3)4/h7-11,16H,12-15H2,1-6H3. The van der Waals surface area contributed by atoms with Crippen LogP contribution in [0.5, 0.6) is 0 Å². The van der Waals surface area contributed by atoms with E-state index in [0.717, 1.165) is 12.5 Å². The Morgan fingerprint density at radius 1 is 1.05 bits per heavy atom. The molecule has 1 unspecified atom stereocenters. The molecule has 0 N–H and O–H groups in total. The second-order valence-corrected chi connectivity index (χ2v) is 12.3. The van der Waals surface area contributed by atoms with Crippen molar-refractivity contribution in [1.82, 2.24) is 0 Å². The molecule has 0 amide bonds. The van der Waals surface area contributed by atoms with Gasteiger partial charge in [-0.05, 0) is 48.9 Å². The molecule has 0 heterocycles. The Hall–Kier alpha value is -0.603. The second-order valence-electron chi connectivity index (χ2n) is 7.53. The Kier molecular flexibility index (Phi) is 6.47. The van der Waals surface area contributed by atoms with Crippen LogP contribution in [-0.4, -0.2) is 14.9 Å². The zero-order chi connectivity index (χ0) is 15.2. The number of hydrogen-bond donors (Lipinski definition) is 0. The maximum Gasteiger partial charge on any atom is 0.191 e. The fourth-order valence-corrected chi connectivity index (χ4v) is 3.00. The van der Waals surface area contributed by atoms with Crippen LogP contribution in [-0.2, 0) is 10.8 Å². The van der Waals surface area contributed by atoms with E-state index in [2.05, 4.69) is 71.1 Å². The van der Waals surface area contributed by atoms with Crippen LogP contribution in [0.3, 0.4) is 0 Å². The molecular weight excluding hydrogens is 260 g/mol. The number of aryl methyl sites for hydroxylation is 1. The van der Waals surface area contributed by atoms with E-state index in [-0.39, 0.29) is 0 Å². The van der Waals surface area contributed by atoms with Gasteiger partial charge in [-0.15, -0.1) is 0 Å². The Balaban J connectivity index is 2.25. The van der Waals surface area contributed by atoms with Crippen molar-refractivity contribution >= 4 is 8.32 Å². The van der Waals surface area contributed by atoms with E-state index in [9.17, 15) is 0 Å². The van der Waals surface area contributed by atoms with Gasteiger partial charge in [-0.2, -0.15) is 0 Å². The molecule has 2 heteroatoms. The lowest BCUT2D eigenvalue weighted by atomic mass is 9.99. The molecule has 20 heavy (non-hydrogen) atoms. The third-order valence-electron chi connectivity index (χ3n) is 4.65. The first-order chi connectivity index (χ1) is 9.22. The van der Waals surface area contributed by atoms with E-state index in [1.165, 1.54) is 24.8 Å². The van der Waals surface area contributed by atoms with Gasteiger partial charge >= 0.3 is 0 Å². The molecule has 0 bridgehead atoms. The van der Waals surface area contributed by atoms with Crippen molar-refractivity contribution in [1.29, 1.82) is 0 Å². The third-order valence-corrected chi connectivity index (χ3v) is 9.19. The van der Waals surface area contributed by atoms with E-state index >= 15 is 0 Å². The molecule has 0 aliphatic carbocycles. The smallest absolute Gasteiger partial charge is 0.191 e. The van der Waals surface area contributed by atoms with Gasteiger partial charge in [0.1, 0.15) is 0 Å². The molecule has 0 aliphatic heterocycles. The summed E-state index contributed by atoms with van der Waals surface area (Å²) < 4.78 is 6.26. The van der Waals surface area contributed by atoms with Crippen molar-refractivity contribution in [2.45, 2.75) is 65.1 Å². The summed E-state index contributed by atoms with van der Waals surface area (Å²) in [6, 6.07) is 10.8. The molecule has 1 aromatic carbocycles. The summed E-state index contributed by atoms with van der Waals surface area (Å²) >= 11 is 0. The summed E-state index contributed by atoms with van der Waals surface area (Å²) in [5, 5.41) is 0.320. The van der Waals surface area contributed by atoms with Gasteiger partial charge in [0.05, 0.1) is 0 Å². The second kappa shape index (κ2) is 7.42. The molecule has 0 spiro atoms. The lowest BCUT2D eigenvalue weighted by molar-refractivity contribution is 0.256. The van der Waals surface area contributed by atoms with E-state index in [0.29, 0.717) is 5.04 Å². The van der Waals surface area contributed by atoms with Crippen LogP contribution in [0.1, 0.15) is 46.1 Å². The predicted molar refractivity (Wildman–Crippen MR) is 91.7 cm³/mol. The van der Waals surface area contributed by atoms with E-state index in [1.807, 2.05) is 0 Å². The Morgan fingerprint density at radius 2 is 1.65 bits per heavy atom. The molecule has 114 valence electrons. The molecule has 1 rings (SSSR count). The highest BCUT2D eigenvalue weighted by Gasteiger charge is 2.36. The van der Waals surface area contributed by atoms with Crippen molar-refractivity contribution in [3.63, 3.8) is 0 Å². The van der Waals surface area contributed by atoms with Crippen LogP contribution in [0, 0.1) is 5.92 Å². The summed E-state index contributed by atoms with van der Waals surface area (Å²) in [4.78, 5) is 0. The average Bonchev–Trinajstić information content (AvgIpc) is 2.36. The zero-order valence-electron chi connectivity index (χ0n) is 14.2. The number of rotatable bonds is 7. The summed E-state index contributed by atoms with van der Waals surface area (Å²) in [5.41, 5.74) is 1.45. The maximum atomic E-state index is 6.26. The molecule has 0 saturated heterocycles. The Labute approximate surface area is 126 Å². The van der Waals surface area contributed by atoms with Crippen molar-refractivity contribution in [2.75, 3.05) is 6.61 Å². The first-order valence-electron chi connectivity index (χ1n) is 7.90. The maximum absolute atomic E-state index is 6.26. The number of benzene rings is 1. The van der Waals surface area contributed by atoms with E-state index in [1.54, 1.807) is 0 Å². The normalized spacial score (nSPS) is 14.3. The van der Waals surface area contributed by atoms with Gasteiger partial charge in [-0.25, -0.2) is 0 Å². The minimum atomic E-state index is -1.56. The zero-order valence-corrected chi connectivity index (χ0v) is 15.2. The molecule has 0 aliphatic rings. The predicted octanol–water partition coefficient (Wildman–Crippen LogP) is 5.67. The van der Waals surface area contributed by atoms with Crippen LogP contribution in [0.15, 0.2) is 30.3 Å². The lowest BCUT2D eigenvalue weighted by Gasteiger charge is -2.36. The molecule has 0 fully saturated rings. The van der Waals surface area contributed by atoms with Gasteiger partial charge in [0, 0.05) is 6.61 Å². The largest absolute Gasteiger partial charge is 0.417 e. The lowest BCUT2D eigenvalue weighted by Crippen LogP contribution is -2.41. The van der Waals surface area contributed by atoms with Gasteiger partial charge < -0.3 is 4.43 Å². The van der Waals surface area contributed by atoms with E-state index < -0.39 is 8.32 Å². The van der Waals surface area contributed by atoms with Crippen molar-refractivity contribution in [3.05, 3.63) is 35.9 Å². The third kappa shape index (κ3) is 5.80. The minimum absolute atomic E-state index is 0.320. The summed E-state index contributed by atoms with van der Waals surface area (Å²) in [6.45, 7) is 14.8. The summed E-state index contributed by atoms with van der Waals surface area (Å²) in [5.74, 6) is 0.736. The van der Waals surface area contributed by atoms with Gasteiger partial charge in [-0.3, -0.25) is 0 Å². The highest BCUT2D eigenvalue weighted by molar-refractivity contribution is 6.74. The average molecular weight is 293 g/mol. The molecule has 0 aromatic heterocycles. The van der Waals surface area contributed by atoms with Crippen molar-refractivity contribution in [2.24, 2.45) is 5.92 Å². The highest BCUT2D eigenvalue weighted by atomic mass is 28.4. The van der Waals surface area contributed by atoms with Gasteiger partial charge in [0.15, 0.2) is 8.32 Å². The summed E-state index contributed by atoms with van der Waals surface area (Å²) in [7, 11) is -1.56. The molecular formula is C18H32OSi. The highest BCUT2D eigenvalue weighted by Crippen LogP contribution is 2.36. The van der Waals surface area contributed by atoms with Crippen LogP contribution < -0.4 is 0 Å². The molecule has 1 aromatic rings. The van der Waals surface area contributed by atoms with Crippen molar-refractivity contribution in [3.8, 4) is 0 Å². The van der Waals surface area contributed by atoms with Gasteiger partial charge in [-0.1, -0.05) is 58.0 Å². The van der Waals surface area contributed by atoms with E-state index in [4.69, 9.17) is 4.43 Å². The summed E-state index contributed by atoms with van der Waals surface area (Å²) in [6.07, 6.45) is 3.62.